The van der Waals surface area contributed by atoms with Crippen LogP contribution < -0.4 is 5.32 Å². The topological polar surface area (TPSA) is 52.9 Å². The van der Waals surface area contributed by atoms with Crippen LogP contribution in [0.2, 0.25) is 5.02 Å². The van der Waals surface area contributed by atoms with Crippen molar-refractivity contribution < 1.29 is 4.79 Å². The van der Waals surface area contributed by atoms with Crippen molar-refractivity contribution in [1.29, 1.82) is 5.26 Å². The Balaban J connectivity index is 2.18. The minimum absolute atomic E-state index is 0.237. The molecule has 1 aromatic carbocycles. The molecule has 1 saturated carbocycles. The summed E-state index contributed by atoms with van der Waals surface area (Å²) in [5, 5.41) is 12.6. The molecule has 0 spiro atoms. The van der Waals surface area contributed by atoms with Crippen LogP contribution in [0, 0.1) is 16.7 Å². The Morgan fingerprint density at radius 1 is 1.37 bits per heavy atom. The highest BCUT2D eigenvalue weighted by Gasteiger charge is 2.39. The van der Waals surface area contributed by atoms with Crippen LogP contribution in [-0.4, -0.2) is 5.91 Å². The fourth-order valence-electron chi connectivity index (χ4n) is 2.38. The Morgan fingerprint density at radius 3 is 2.63 bits per heavy atom. The van der Waals surface area contributed by atoms with Crippen LogP contribution in [0.3, 0.4) is 0 Å². The van der Waals surface area contributed by atoms with Crippen LogP contribution in [0.5, 0.6) is 0 Å². The first kappa shape index (κ1) is 14.4. The number of benzene rings is 1. The summed E-state index contributed by atoms with van der Waals surface area (Å²) >= 11 is 9.39. The smallest absolute Gasteiger partial charge is 0.244 e. The van der Waals surface area contributed by atoms with E-state index in [2.05, 4.69) is 27.3 Å². The van der Waals surface area contributed by atoms with E-state index in [1.807, 2.05) is 0 Å². The predicted octanol–water partition coefficient (Wildman–Crippen LogP) is 4.52. The van der Waals surface area contributed by atoms with Crippen LogP contribution in [-0.2, 0) is 4.79 Å². The number of anilines is 1. The van der Waals surface area contributed by atoms with Gasteiger partial charge in [0, 0.05) is 4.47 Å². The van der Waals surface area contributed by atoms with Crippen LogP contribution in [0.15, 0.2) is 22.7 Å². The Morgan fingerprint density at radius 2 is 2.05 bits per heavy atom. The molecular formula is C14H14BrClN2O. The van der Waals surface area contributed by atoms with Gasteiger partial charge in [0.25, 0.3) is 0 Å². The highest BCUT2D eigenvalue weighted by atomic mass is 79.9. The number of nitriles is 1. The molecule has 1 aliphatic rings. The second-order valence-corrected chi connectivity index (χ2v) is 6.16. The lowest BCUT2D eigenvalue weighted by Gasteiger charge is -2.29. The monoisotopic (exact) mass is 340 g/mol. The first-order valence-electron chi connectivity index (χ1n) is 6.25. The normalized spacial score (nSPS) is 17.5. The molecule has 19 heavy (non-hydrogen) atoms. The number of nitrogens with one attached hydrogen (secondary N) is 1. The molecule has 0 atom stereocenters. The van der Waals surface area contributed by atoms with E-state index in [1.54, 1.807) is 18.2 Å². The van der Waals surface area contributed by atoms with Gasteiger partial charge >= 0.3 is 0 Å². The molecule has 1 aromatic rings. The molecule has 0 aliphatic heterocycles. The highest BCUT2D eigenvalue weighted by Crippen LogP contribution is 2.37. The lowest BCUT2D eigenvalue weighted by molar-refractivity contribution is -0.124. The third kappa shape index (κ3) is 3.10. The molecule has 2 rings (SSSR count). The van der Waals surface area contributed by atoms with Crippen molar-refractivity contribution in [2.24, 2.45) is 5.41 Å². The highest BCUT2D eigenvalue weighted by molar-refractivity contribution is 9.10. The summed E-state index contributed by atoms with van der Waals surface area (Å²) in [6.45, 7) is 0. The van der Waals surface area contributed by atoms with E-state index < -0.39 is 5.41 Å². The van der Waals surface area contributed by atoms with Crippen molar-refractivity contribution in [3.8, 4) is 6.07 Å². The van der Waals surface area contributed by atoms with Crippen LogP contribution in [0.25, 0.3) is 0 Å². The molecule has 0 aromatic heterocycles. The molecule has 0 heterocycles. The number of carbonyl (C=O) groups is 1. The van der Waals surface area contributed by atoms with Gasteiger partial charge in [-0.05, 0) is 31.0 Å². The number of hydrogen-bond acceptors (Lipinski definition) is 2. The Labute approximate surface area is 126 Å². The summed E-state index contributed by atoms with van der Waals surface area (Å²) in [7, 11) is 0. The number of nitrogens with zero attached hydrogens (tertiary/aromatic N) is 1. The molecular weight excluding hydrogens is 328 g/mol. The second-order valence-electron chi connectivity index (χ2n) is 4.83. The third-order valence-electron chi connectivity index (χ3n) is 3.54. The zero-order chi connectivity index (χ0) is 13.9. The van der Waals surface area contributed by atoms with E-state index in [0.717, 1.165) is 23.7 Å². The van der Waals surface area contributed by atoms with Gasteiger partial charge in [-0.2, -0.15) is 5.26 Å². The average Bonchev–Trinajstić information content (AvgIpc) is 2.42. The van der Waals surface area contributed by atoms with Crippen molar-refractivity contribution in [2.45, 2.75) is 32.1 Å². The summed E-state index contributed by atoms with van der Waals surface area (Å²) < 4.78 is 0.850. The van der Waals surface area contributed by atoms with Gasteiger partial charge in [-0.3, -0.25) is 4.79 Å². The first-order chi connectivity index (χ1) is 9.07. The largest absolute Gasteiger partial charge is 0.323 e. The lowest BCUT2D eigenvalue weighted by atomic mass is 9.74. The molecule has 1 N–H and O–H groups in total. The Hall–Kier alpha value is -1.05. The molecule has 100 valence electrons. The number of amides is 1. The van der Waals surface area contributed by atoms with Gasteiger partial charge in [0.2, 0.25) is 5.91 Å². The fourth-order valence-corrected chi connectivity index (χ4v) is 3.10. The van der Waals surface area contributed by atoms with Gasteiger partial charge in [0.05, 0.1) is 16.8 Å². The second kappa shape index (κ2) is 5.94. The van der Waals surface area contributed by atoms with Gasteiger partial charge in [-0.15, -0.1) is 0 Å². The van der Waals surface area contributed by atoms with Crippen LogP contribution >= 0.6 is 27.5 Å². The Kier molecular flexibility index (Phi) is 4.49. The summed E-state index contributed by atoms with van der Waals surface area (Å²) in [4.78, 5) is 12.4. The van der Waals surface area contributed by atoms with Gasteiger partial charge in [0.1, 0.15) is 5.41 Å². The van der Waals surface area contributed by atoms with Gasteiger partial charge in [-0.25, -0.2) is 0 Å². The minimum Gasteiger partial charge on any atom is -0.323 e. The molecule has 3 nitrogen and oxygen atoms in total. The molecule has 5 heteroatoms. The Bertz CT molecular complexity index is 533. The first-order valence-corrected chi connectivity index (χ1v) is 7.42. The van der Waals surface area contributed by atoms with Crippen molar-refractivity contribution in [3.63, 3.8) is 0 Å². The summed E-state index contributed by atoms with van der Waals surface area (Å²) in [5.41, 5.74) is -0.343. The summed E-state index contributed by atoms with van der Waals surface area (Å²) in [6, 6.07) is 7.46. The van der Waals surface area contributed by atoms with E-state index in [9.17, 15) is 10.1 Å². The van der Waals surface area contributed by atoms with Gasteiger partial charge in [-0.1, -0.05) is 46.8 Å². The van der Waals surface area contributed by atoms with Gasteiger partial charge < -0.3 is 5.32 Å². The standard InChI is InChI=1S/C14H14BrClN2O/c15-10-4-5-12(11(16)8-10)18-13(19)14(9-17)6-2-1-3-7-14/h4-5,8H,1-3,6-7H2,(H,18,19). The number of halogens is 2. The number of rotatable bonds is 2. The molecule has 0 unspecified atom stereocenters. The number of hydrogen-bond donors (Lipinski definition) is 1. The van der Waals surface area contributed by atoms with Crippen LogP contribution in [0.1, 0.15) is 32.1 Å². The van der Waals surface area contributed by atoms with E-state index in [1.165, 1.54) is 0 Å². The average molecular weight is 342 g/mol. The molecule has 1 aliphatic carbocycles. The third-order valence-corrected chi connectivity index (χ3v) is 4.34. The van der Waals surface area contributed by atoms with E-state index >= 15 is 0 Å². The molecule has 0 bridgehead atoms. The summed E-state index contributed by atoms with van der Waals surface area (Å²) in [6.07, 6.45) is 4.20. The van der Waals surface area contributed by atoms with E-state index in [0.29, 0.717) is 23.6 Å². The summed E-state index contributed by atoms with van der Waals surface area (Å²) in [5.74, 6) is -0.237. The fraction of sp³-hybridized carbons (Fsp3) is 0.429. The van der Waals surface area contributed by atoms with Crippen molar-refractivity contribution in [3.05, 3.63) is 27.7 Å². The van der Waals surface area contributed by atoms with E-state index in [-0.39, 0.29) is 5.91 Å². The van der Waals surface area contributed by atoms with Crippen LogP contribution in [0.4, 0.5) is 5.69 Å². The zero-order valence-electron chi connectivity index (χ0n) is 10.4. The van der Waals surface area contributed by atoms with Crippen molar-refractivity contribution >= 4 is 39.1 Å². The lowest BCUT2D eigenvalue weighted by Crippen LogP contribution is -2.36. The van der Waals surface area contributed by atoms with E-state index in [4.69, 9.17) is 11.6 Å². The zero-order valence-corrected chi connectivity index (χ0v) is 12.7. The van der Waals surface area contributed by atoms with Crippen molar-refractivity contribution in [2.75, 3.05) is 5.32 Å². The van der Waals surface area contributed by atoms with Crippen molar-refractivity contribution in [1.82, 2.24) is 0 Å². The minimum atomic E-state index is -0.894. The SMILES string of the molecule is N#CC1(C(=O)Nc2ccc(Br)cc2Cl)CCCCC1. The molecule has 1 amide bonds. The number of carbonyl (C=O) groups excluding carboxylic acids is 1. The molecule has 0 radical (unpaired) electrons. The molecule has 0 saturated heterocycles. The maximum absolute atomic E-state index is 12.4. The molecule has 1 fully saturated rings. The van der Waals surface area contributed by atoms with Gasteiger partial charge in [0.15, 0.2) is 0 Å². The maximum Gasteiger partial charge on any atom is 0.244 e. The maximum atomic E-state index is 12.4. The quantitative estimate of drug-likeness (QED) is 0.860. The predicted molar refractivity (Wildman–Crippen MR) is 78.9 cm³/mol.